The number of carbonyl (C=O) groups is 1. The molecule has 0 fully saturated rings. The third kappa shape index (κ3) is 3.93. The van der Waals surface area contributed by atoms with Gasteiger partial charge in [-0.25, -0.2) is 9.97 Å². The van der Waals surface area contributed by atoms with Crippen molar-refractivity contribution in [1.29, 1.82) is 0 Å². The number of hydrogen-bond donors (Lipinski definition) is 0. The van der Waals surface area contributed by atoms with Crippen LogP contribution >= 0.6 is 0 Å². The fourth-order valence-corrected chi connectivity index (χ4v) is 3.49. The molecule has 1 aromatic carbocycles. The van der Waals surface area contributed by atoms with Gasteiger partial charge in [0.05, 0.1) is 12.2 Å². The number of carbonyl (C=O) groups excluding carboxylic acids is 1. The molecule has 5 heteroatoms. The molecule has 2 aromatic rings. The molecule has 1 amide bonds. The number of aryl methyl sites for hydroxylation is 1. The molecule has 1 aliphatic heterocycles. The van der Waals surface area contributed by atoms with E-state index in [1.54, 1.807) is 0 Å². The van der Waals surface area contributed by atoms with Gasteiger partial charge in [-0.1, -0.05) is 43.7 Å². The summed E-state index contributed by atoms with van der Waals surface area (Å²) in [5, 5.41) is 0. The van der Waals surface area contributed by atoms with Crippen molar-refractivity contribution in [2.24, 2.45) is 5.92 Å². The average molecular weight is 352 g/mol. The Balaban J connectivity index is 1.81. The van der Waals surface area contributed by atoms with E-state index in [9.17, 15) is 4.79 Å². The number of amides is 1. The van der Waals surface area contributed by atoms with Gasteiger partial charge in [-0.05, 0) is 32.5 Å². The van der Waals surface area contributed by atoms with Crippen molar-refractivity contribution in [3.8, 4) is 0 Å². The van der Waals surface area contributed by atoms with E-state index in [2.05, 4.69) is 37.9 Å². The standard InChI is InChI=1S/C21H28N4O/c1-14(2)9-19-22-11-17-12-25(13-18(17)23-19)21(26)20(24(4)5)16-8-6-7-15(3)10-16/h6-8,10-11,14,20H,9,12-13H2,1-5H3. The van der Waals surface area contributed by atoms with Crippen molar-refractivity contribution in [1.82, 2.24) is 19.8 Å². The molecule has 3 rings (SSSR count). The molecule has 1 atom stereocenters. The Bertz CT molecular complexity index is 800. The summed E-state index contributed by atoms with van der Waals surface area (Å²) in [5.74, 6) is 1.51. The zero-order valence-electron chi connectivity index (χ0n) is 16.4. The summed E-state index contributed by atoms with van der Waals surface area (Å²) in [5.41, 5.74) is 4.25. The third-order valence-corrected chi connectivity index (χ3v) is 4.72. The largest absolute Gasteiger partial charge is 0.331 e. The maximum atomic E-state index is 13.3. The summed E-state index contributed by atoms with van der Waals surface area (Å²) >= 11 is 0. The third-order valence-electron chi connectivity index (χ3n) is 4.72. The molecular formula is C21H28N4O. The molecule has 0 aliphatic carbocycles. The van der Waals surface area contributed by atoms with Gasteiger partial charge in [0, 0.05) is 24.7 Å². The van der Waals surface area contributed by atoms with Crippen molar-refractivity contribution in [3.63, 3.8) is 0 Å². The van der Waals surface area contributed by atoms with Crippen LogP contribution in [0.15, 0.2) is 30.5 Å². The van der Waals surface area contributed by atoms with Gasteiger partial charge in [-0.15, -0.1) is 0 Å². The van der Waals surface area contributed by atoms with Crippen LogP contribution in [0.25, 0.3) is 0 Å². The van der Waals surface area contributed by atoms with Gasteiger partial charge in [0.2, 0.25) is 5.91 Å². The second-order valence-electron chi connectivity index (χ2n) is 7.83. The smallest absolute Gasteiger partial charge is 0.245 e. The van der Waals surface area contributed by atoms with Gasteiger partial charge in [0.25, 0.3) is 0 Å². The summed E-state index contributed by atoms with van der Waals surface area (Å²) < 4.78 is 0. The predicted molar refractivity (Wildman–Crippen MR) is 102 cm³/mol. The molecule has 0 radical (unpaired) electrons. The zero-order chi connectivity index (χ0) is 18.8. The minimum atomic E-state index is -0.285. The number of nitrogens with zero attached hydrogens (tertiary/aromatic N) is 4. The Hall–Kier alpha value is -2.27. The highest BCUT2D eigenvalue weighted by molar-refractivity contribution is 5.83. The van der Waals surface area contributed by atoms with Crippen LogP contribution in [0.2, 0.25) is 0 Å². The molecule has 26 heavy (non-hydrogen) atoms. The summed E-state index contributed by atoms with van der Waals surface area (Å²) in [4.78, 5) is 26.3. The van der Waals surface area contributed by atoms with E-state index in [0.717, 1.165) is 34.6 Å². The Kier molecular flexibility index (Phi) is 5.37. The van der Waals surface area contributed by atoms with E-state index in [4.69, 9.17) is 4.98 Å². The van der Waals surface area contributed by atoms with E-state index in [-0.39, 0.29) is 11.9 Å². The predicted octanol–water partition coefficient (Wildman–Crippen LogP) is 3.13. The minimum Gasteiger partial charge on any atom is -0.331 e. The van der Waals surface area contributed by atoms with Gasteiger partial charge < -0.3 is 4.90 Å². The molecule has 0 saturated heterocycles. The lowest BCUT2D eigenvalue weighted by Gasteiger charge is -2.28. The lowest BCUT2D eigenvalue weighted by molar-refractivity contribution is -0.137. The van der Waals surface area contributed by atoms with Crippen LogP contribution in [0, 0.1) is 12.8 Å². The molecule has 0 N–H and O–H groups in total. The van der Waals surface area contributed by atoms with Crippen molar-refractivity contribution >= 4 is 5.91 Å². The highest BCUT2D eigenvalue weighted by Gasteiger charge is 2.32. The van der Waals surface area contributed by atoms with E-state index >= 15 is 0 Å². The van der Waals surface area contributed by atoms with Crippen LogP contribution in [-0.4, -0.2) is 39.8 Å². The molecule has 1 unspecified atom stereocenters. The molecule has 1 aliphatic rings. The molecular weight excluding hydrogens is 324 g/mol. The molecule has 2 heterocycles. The topological polar surface area (TPSA) is 49.3 Å². The van der Waals surface area contributed by atoms with Gasteiger partial charge in [0.1, 0.15) is 11.9 Å². The van der Waals surface area contributed by atoms with Crippen LogP contribution < -0.4 is 0 Å². The quantitative estimate of drug-likeness (QED) is 0.829. The summed E-state index contributed by atoms with van der Waals surface area (Å²) in [6.45, 7) is 7.54. The zero-order valence-corrected chi connectivity index (χ0v) is 16.4. The lowest BCUT2D eigenvalue weighted by atomic mass is 10.0. The van der Waals surface area contributed by atoms with Crippen molar-refractivity contribution in [3.05, 3.63) is 58.7 Å². The molecule has 138 valence electrons. The van der Waals surface area contributed by atoms with Gasteiger partial charge >= 0.3 is 0 Å². The van der Waals surface area contributed by atoms with Crippen LogP contribution in [0.1, 0.15) is 48.1 Å². The highest BCUT2D eigenvalue weighted by Crippen LogP contribution is 2.27. The Morgan fingerprint density at radius 3 is 2.69 bits per heavy atom. The van der Waals surface area contributed by atoms with E-state index in [1.807, 2.05) is 42.2 Å². The second-order valence-corrected chi connectivity index (χ2v) is 7.83. The van der Waals surface area contributed by atoms with Gasteiger partial charge in [-0.3, -0.25) is 9.69 Å². The van der Waals surface area contributed by atoms with Crippen LogP contribution in [-0.2, 0) is 24.3 Å². The maximum Gasteiger partial charge on any atom is 0.245 e. The first-order chi connectivity index (χ1) is 12.3. The van der Waals surface area contributed by atoms with E-state index in [0.29, 0.717) is 19.0 Å². The van der Waals surface area contributed by atoms with Gasteiger partial charge in [0.15, 0.2) is 0 Å². The Morgan fingerprint density at radius 2 is 2.04 bits per heavy atom. The number of benzene rings is 1. The van der Waals surface area contributed by atoms with Gasteiger partial charge in [-0.2, -0.15) is 0 Å². The van der Waals surface area contributed by atoms with Crippen molar-refractivity contribution in [2.75, 3.05) is 14.1 Å². The van der Waals surface area contributed by atoms with Crippen molar-refractivity contribution < 1.29 is 4.79 Å². The molecule has 1 aromatic heterocycles. The highest BCUT2D eigenvalue weighted by atomic mass is 16.2. The summed E-state index contributed by atoms with van der Waals surface area (Å²) in [6.07, 6.45) is 2.76. The number of fused-ring (bicyclic) bond motifs is 1. The van der Waals surface area contributed by atoms with Crippen LogP contribution in [0.5, 0.6) is 0 Å². The first kappa shape index (κ1) is 18.5. The maximum absolute atomic E-state index is 13.3. The van der Waals surface area contributed by atoms with Crippen molar-refractivity contribution in [2.45, 2.75) is 46.3 Å². The lowest BCUT2D eigenvalue weighted by Crippen LogP contribution is -2.37. The van der Waals surface area contributed by atoms with Crippen LogP contribution in [0.3, 0.4) is 0 Å². The SMILES string of the molecule is Cc1cccc(C(C(=O)N2Cc3cnc(CC(C)C)nc3C2)N(C)C)c1. The summed E-state index contributed by atoms with van der Waals surface area (Å²) in [7, 11) is 3.91. The molecule has 0 spiro atoms. The first-order valence-electron chi connectivity index (χ1n) is 9.20. The van der Waals surface area contributed by atoms with Crippen LogP contribution in [0.4, 0.5) is 0 Å². The molecule has 0 bridgehead atoms. The normalized spacial score (nSPS) is 14.8. The molecule has 5 nitrogen and oxygen atoms in total. The number of hydrogen-bond acceptors (Lipinski definition) is 4. The average Bonchev–Trinajstić information content (AvgIpc) is 2.97. The molecule has 0 saturated carbocycles. The fraction of sp³-hybridized carbons (Fsp3) is 0.476. The van der Waals surface area contributed by atoms with E-state index in [1.165, 1.54) is 0 Å². The number of rotatable bonds is 5. The number of aromatic nitrogens is 2. The number of likely N-dealkylation sites (N-methyl/N-ethyl adjacent to an activating group) is 1. The minimum absolute atomic E-state index is 0.115. The first-order valence-corrected chi connectivity index (χ1v) is 9.20. The van der Waals surface area contributed by atoms with E-state index < -0.39 is 0 Å². The second kappa shape index (κ2) is 7.54. The monoisotopic (exact) mass is 352 g/mol. The Labute approximate surface area is 156 Å². The summed E-state index contributed by atoms with van der Waals surface area (Å²) in [6, 6.07) is 7.90. The fourth-order valence-electron chi connectivity index (χ4n) is 3.49. The Morgan fingerprint density at radius 1 is 1.27 bits per heavy atom.